The molecule has 1 saturated heterocycles. The molecule has 1 aromatic rings. The topological polar surface area (TPSA) is 54.9 Å². The minimum absolute atomic E-state index is 0.274. The number of aliphatic imine (C=N–C) groups is 1. The van der Waals surface area contributed by atoms with Crippen molar-refractivity contribution in [3.8, 4) is 0 Å². The normalized spacial score (nSPS) is 17.9. The Morgan fingerprint density at radius 2 is 2.25 bits per heavy atom. The zero-order valence-corrected chi connectivity index (χ0v) is 15.1. The Balaban J connectivity index is 1.65. The molecule has 2 N–H and O–H groups in total. The van der Waals surface area contributed by atoms with E-state index in [0.29, 0.717) is 19.8 Å². The Kier molecular flexibility index (Phi) is 8.95. The number of nitrogens with one attached hydrogen (secondary N) is 2. The summed E-state index contributed by atoms with van der Waals surface area (Å²) in [6.07, 6.45) is 3.39. The van der Waals surface area contributed by atoms with E-state index in [9.17, 15) is 0 Å². The maximum Gasteiger partial charge on any atom is 0.191 e. The van der Waals surface area contributed by atoms with Crippen LogP contribution in [0.1, 0.15) is 25.3 Å². The summed E-state index contributed by atoms with van der Waals surface area (Å²) in [6.45, 7) is 6.45. The molecule has 2 rings (SSSR count). The second-order valence-corrected chi connectivity index (χ2v) is 6.15. The molecular formula is C18H28ClN3O2. The van der Waals surface area contributed by atoms with E-state index < -0.39 is 0 Å². The summed E-state index contributed by atoms with van der Waals surface area (Å²) in [5.41, 5.74) is 1.14. The summed E-state index contributed by atoms with van der Waals surface area (Å²) in [7, 11) is 0. The first-order valence-corrected chi connectivity index (χ1v) is 9.12. The minimum atomic E-state index is 0.274. The molecule has 0 radical (unpaired) electrons. The van der Waals surface area contributed by atoms with E-state index in [-0.39, 0.29) is 6.10 Å². The number of hydrogen-bond acceptors (Lipinski definition) is 3. The van der Waals surface area contributed by atoms with Crippen LogP contribution in [0.4, 0.5) is 0 Å². The van der Waals surface area contributed by atoms with Crippen LogP contribution in [0.15, 0.2) is 29.3 Å². The van der Waals surface area contributed by atoms with Crippen molar-refractivity contribution in [3.63, 3.8) is 0 Å². The number of guanidine groups is 1. The Labute approximate surface area is 149 Å². The van der Waals surface area contributed by atoms with E-state index in [2.05, 4.69) is 22.5 Å². The summed E-state index contributed by atoms with van der Waals surface area (Å²) < 4.78 is 11.2. The predicted molar refractivity (Wildman–Crippen MR) is 98.9 cm³/mol. The van der Waals surface area contributed by atoms with Crippen LogP contribution < -0.4 is 10.6 Å². The monoisotopic (exact) mass is 353 g/mol. The Morgan fingerprint density at radius 1 is 1.38 bits per heavy atom. The number of nitrogens with zero attached hydrogens (tertiary/aromatic N) is 1. The molecule has 1 aliphatic heterocycles. The first-order chi connectivity index (χ1) is 11.8. The van der Waals surface area contributed by atoms with Crippen molar-refractivity contribution < 1.29 is 9.47 Å². The number of hydrogen-bond donors (Lipinski definition) is 2. The van der Waals surface area contributed by atoms with Gasteiger partial charge in [-0.25, -0.2) is 0 Å². The van der Waals surface area contributed by atoms with Gasteiger partial charge in [0.1, 0.15) is 0 Å². The van der Waals surface area contributed by atoms with Crippen molar-refractivity contribution in [1.29, 1.82) is 0 Å². The van der Waals surface area contributed by atoms with Crippen LogP contribution >= 0.6 is 11.6 Å². The molecule has 5 nitrogen and oxygen atoms in total. The van der Waals surface area contributed by atoms with Crippen LogP contribution in [-0.2, 0) is 15.9 Å². The number of rotatable bonds is 9. The van der Waals surface area contributed by atoms with Crippen LogP contribution in [0.5, 0.6) is 0 Å². The SMILES string of the molecule is CCNC(=NCCOCC1CCCO1)NCCc1ccccc1Cl. The maximum atomic E-state index is 6.17. The van der Waals surface area contributed by atoms with E-state index in [1.807, 2.05) is 24.3 Å². The molecule has 1 aromatic carbocycles. The van der Waals surface area contributed by atoms with Gasteiger partial charge in [0.2, 0.25) is 0 Å². The lowest BCUT2D eigenvalue weighted by molar-refractivity contribution is 0.0200. The molecule has 1 fully saturated rings. The predicted octanol–water partition coefficient (Wildman–Crippen LogP) is 2.63. The third kappa shape index (κ3) is 7.07. The molecule has 6 heteroatoms. The zero-order chi connectivity index (χ0) is 17.0. The molecule has 1 unspecified atom stereocenters. The summed E-state index contributed by atoms with van der Waals surface area (Å²) in [6, 6.07) is 7.92. The molecule has 0 bridgehead atoms. The van der Waals surface area contributed by atoms with E-state index in [1.165, 1.54) is 0 Å². The fraction of sp³-hybridized carbons (Fsp3) is 0.611. The summed E-state index contributed by atoms with van der Waals surface area (Å²) >= 11 is 6.17. The van der Waals surface area contributed by atoms with Gasteiger partial charge in [0.05, 0.1) is 25.9 Å². The van der Waals surface area contributed by atoms with Crippen LogP contribution in [0, 0.1) is 0 Å². The Hall–Kier alpha value is -1.30. The largest absolute Gasteiger partial charge is 0.377 e. The average molecular weight is 354 g/mol. The van der Waals surface area contributed by atoms with Gasteiger partial charge in [-0.15, -0.1) is 0 Å². The number of halogens is 1. The van der Waals surface area contributed by atoms with E-state index in [4.69, 9.17) is 21.1 Å². The second-order valence-electron chi connectivity index (χ2n) is 5.74. The lowest BCUT2D eigenvalue weighted by Gasteiger charge is -2.12. The minimum Gasteiger partial charge on any atom is -0.377 e. The van der Waals surface area contributed by atoms with Gasteiger partial charge in [0.15, 0.2) is 5.96 Å². The van der Waals surface area contributed by atoms with Crippen molar-refractivity contribution in [2.24, 2.45) is 4.99 Å². The zero-order valence-electron chi connectivity index (χ0n) is 14.4. The highest BCUT2D eigenvalue weighted by Gasteiger charge is 2.14. The molecule has 1 aliphatic rings. The lowest BCUT2D eigenvalue weighted by atomic mass is 10.1. The van der Waals surface area contributed by atoms with E-state index >= 15 is 0 Å². The summed E-state index contributed by atoms with van der Waals surface area (Å²) in [4.78, 5) is 4.53. The van der Waals surface area contributed by atoms with Gasteiger partial charge in [0, 0.05) is 24.7 Å². The molecule has 0 aliphatic carbocycles. The van der Waals surface area contributed by atoms with Gasteiger partial charge < -0.3 is 20.1 Å². The summed E-state index contributed by atoms with van der Waals surface area (Å²) in [5, 5.41) is 7.38. The number of ether oxygens (including phenoxy) is 2. The molecule has 0 spiro atoms. The molecule has 24 heavy (non-hydrogen) atoms. The van der Waals surface area contributed by atoms with Crippen molar-refractivity contribution in [3.05, 3.63) is 34.9 Å². The van der Waals surface area contributed by atoms with Gasteiger partial charge in [-0.05, 0) is 37.8 Å². The van der Waals surface area contributed by atoms with Gasteiger partial charge in [0.25, 0.3) is 0 Å². The highest BCUT2D eigenvalue weighted by Crippen LogP contribution is 2.14. The third-order valence-electron chi connectivity index (χ3n) is 3.82. The molecule has 0 aromatic heterocycles. The fourth-order valence-corrected chi connectivity index (χ4v) is 2.80. The standard InChI is InChI=1S/C18H28ClN3O2/c1-2-20-18(21-10-9-15-6-3-4-8-17(15)19)22-11-13-23-14-16-7-5-12-24-16/h3-4,6,8,16H,2,5,7,9-14H2,1H3,(H2,20,21,22). The quantitative estimate of drug-likeness (QED) is 0.407. The van der Waals surface area contributed by atoms with Gasteiger partial charge in [-0.1, -0.05) is 29.8 Å². The van der Waals surface area contributed by atoms with Crippen molar-refractivity contribution in [1.82, 2.24) is 10.6 Å². The van der Waals surface area contributed by atoms with E-state index in [1.54, 1.807) is 0 Å². The highest BCUT2D eigenvalue weighted by molar-refractivity contribution is 6.31. The first kappa shape index (κ1) is 19.0. The van der Waals surface area contributed by atoms with Crippen LogP contribution in [-0.4, -0.2) is 51.5 Å². The fourth-order valence-electron chi connectivity index (χ4n) is 2.57. The van der Waals surface area contributed by atoms with Gasteiger partial charge >= 0.3 is 0 Å². The van der Waals surface area contributed by atoms with Crippen LogP contribution in [0.2, 0.25) is 5.02 Å². The van der Waals surface area contributed by atoms with Gasteiger partial charge in [-0.2, -0.15) is 0 Å². The molecular weight excluding hydrogens is 326 g/mol. The molecule has 1 atom stereocenters. The van der Waals surface area contributed by atoms with Crippen LogP contribution in [0.3, 0.4) is 0 Å². The van der Waals surface area contributed by atoms with Crippen molar-refractivity contribution in [2.75, 3.05) is 39.5 Å². The molecule has 0 amide bonds. The number of benzene rings is 1. The average Bonchev–Trinajstić information content (AvgIpc) is 3.09. The van der Waals surface area contributed by atoms with Crippen molar-refractivity contribution in [2.45, 2.75) is 32.3 Å². The maximum absolute atomic E-state index is 6.17. The molecule has 1 heterocycles. The van der Waals surface area contributed by atoms with Crippen molar-refractivity contribution >= 4 is 17.6 Å². The lowest BCUT2D eigenvalue weighted by Crippen LogP contribution is -2.38. The third-order valence-corrected chi connectivity index (χ3v) is 4.19. The first-order valence-electron chi connectivity index (χ1n) is 8.74. The smallest absolute Gasteiger partial charge is 0.191 e. The second kappa shape index (κ2) is 11.3. The Bertz CT molecular complexity index is 505. The summed E-state index contributed by atoms with van der Waals surface area (Å²) in [5.74, 6) is 0.810. The van der Waals surface area contributed by atoms with E-state index in [0.717, 1.165) is 55.5 Å². The molecule has 0 saturated carbocycles. The van der Waals surface area contributed by atoms with Gasteiger partial charge in [-0.3, -0.25) is 4.99 Å². The molecule has 134 valence electrons. The Morgan fingerprint density at radius 3 is 3.00 bits per heavy atom. The highest BCUT2D eigenvalue weighted by atomic mass is 35.5. The van der Waals surface area contributed by atoms with Crippen LogP contribution in [0.25, 0.3) is 0 Å².